The van der Waals surface area contributed by atoms with Gasteiger partial charge in [0.25, 0.3) is 0 Å². The largest absolute Gasteiger partial charge is 0.480 e. The van der Waals surface area contributed by atoms with Crippen LogP contribution in [0.4, 0.5) is 0 Å². The lowest BCUT2D eigenvalue weighted by molar-refractivity contribution is -0.139. The lowest BCUT2D eigenvalue weighted by atomic mass is 10.1. The van der Waals surface area contributed by atoms with E-state index in [0.29, 0.717) is 25.8 Å². The summed E-state index contributed by atoms with van der Waals surface area (Å²) >= 11 is 0. The van der Waals surface area contributed by atoms with Gasteiger partial charge in [0.15, 0.2) is 0 Å². The molecule has 0 spiro atoms. The van der Waals surface area contributed by atoms with Crippen molar-refractivity contribution in [3.05, 3.63) is 0 Å². The van der Waals surface area contributed by atoms with E-state index in [9.17, 15) is 9.59 Å². The van der Waals surface area contributed by atoms with Gasteiger partial charge in [-0.15, -0.1) is 0 Å². The summed E-state index contributed by atoms with van der Waals surface area (Å²) in [5.41, 5.74) is 5.18. The Morgan fingerprint density at radius 1 is 1.67 bits per heavy atom. The Bertz CT molecular complexity index is 150. The minimum Gasteiger partial charge on any atom is -0.480 e. The number of aldehydes is 1. The fourth-order valence-electron chi connectivity index (χ4n) is 0.805. The third kappa shape index (κ3) is 4.81. The van der Waals surface area contributed by atoms with Crippen LogP contribution in [0.15, 0.2) is 0 Å². The zero-order valence-corrected chi connectivity index (χ0v) is 6.82. The van der Waals surface area contributed by atoms with Crippen molar-refractivity contribution in [3.8, 4) is 0 Å². The van der Waals surface area contributed by atoms with Crippen LogP contribution in [0, 0.1) is 0 Å². The lowest BCUT2D eigenvalue weighted by Gasteiger charge is -2.11. The minimum atomic E-state index is -0.940. The van der Waals surface area contributed by atoms with Gasteiger partial charge < -0.3 is 21.0 Å². The van der Waals surface area contributed by atoms with E-state index < -0.39 is 12.0 Å². The molecule has 0 bridgehead atoms. The van der Waals surface area contributed by atoms with Crippen molar-refractivity contribution in [1.82, 2.24) is 5.32 Å². The SMILES string of the molecule is NCCNC(CCC=O)C(=O)O. The van der Waals surface area contributed by atoms with Crippen LogP contribution in [0.25, 0.3) is 0 Å². The highest BCUT2D eigenvalue weighted by atomic mass is 16.4. The number of nitrogens with two attached hydrogens (primary N) is 1. The lowest BCUT2D eigenvalue weighted by Crippen LogP contribution is -2.39. The van der Waals surface area contributed by atoms with Crippen molar-refractivity contribution in [2.24, 2.45) is 5.73 Å². The highest BCUT2D eigenvalue weighted by molar-refractivity contribution is 5.73. The van der Waals surface area contributed by atoms with E-state index in [2.05, 4.69) is 5.32 Å². The number of carbonyl (C=O) groups excluding carboxylic acids is 1. The van der Waals surface area contributed by atoms with E-state index >= 15 is 0 Å². The molecule has 1 atom stereocenters. The molecule has 12 heavy (non-hydrogen) atoms. The first kappa shape index (κ1) is 11.1. The summed E-state index contributed by atoms with van der Waals surface area (Å²) in [5, 5.41) is 11.3. The van der Waals surface area contributed by atoms with E-state index in [0.717, 1.165) is 0 Å². The molecule has 0 aromatic rings. The number of carboxylic acids is 1. The van der Waals surface area contributed by atoms with Crippen LogP contribution < -0.4 is 11.1 Å². The molecule has 0 saturated heterocycles. The normalized spacial score (nSPS) is 12.4. The van der Waals surface area contributed by atoms with Crippen molar-refractivity contribution in [1.29, 1.82) is 0 Å². The van der Waals surface area contributed by atoms with Crippen LogP contribution in [-0.2, 0) is 9.59 Å². The van der Waals surface area contributed by atoms with E-state index in [4.69, 9.17) is 10.8 Å². The second-order valence-corrected chi connectivity index (χ2v) is 2.38. The van der Waals surface area contributed by atoms with Crippen LogP contribution in [0.1, 0.15) is 12.8 Å². The van der Waals surface area contributed by atoms with E-state index in [1.54, 1.807) is 0 Å². The van der Waals surface area contributed by atoms with Gasteiger partial charge in [-0.25, -0.2) is 0 Å². The second kappa shape index (κ2) is 6.75. The molecule has 70 valence electrons. The molecule has 5 heteroatoms. The molecule has 0 aliphatic heterocycles. The quantitative estimate of drug-likeness (QED) is 0.429. The van der Waals surface area contributed by atoms with Crippen molar-refractivity contribution in [3.63, 3.8) is 0 Å². The average Bonchev–Trinajstić information content (AvgIpc) is 2.04. The maximum Gasteiger partial charge on any atom is 0.320 e. The predicted molar refractivity (Wildman–Crippen MR) is 43.8 cm³/mol. The van der Waals surface area contributed by atoms with E-state index in [1.807, 2.05) is 0 Å². The highest BCUT2D eigenvalue weighted by Gasteiger charge is 2.14. The molecule has 0 aromatic heterocycles. The van der Waals surface area contributed by atoms with Gasteiger partial charge in [-0.05, 0) is 6.42 Å². The Morgan fingerprint density at radius 3 is 2.75 bits per heavy atom. The number of hydrogen-bond acceptors (Lipinski definition) is 4. The van der Waals surface area contributed by atoms with Crippen molar-refractivity contribution >= 4 is 12.3 Å². The Morgan fingerprint density at radius 2 is 2.33 bits per heavy atom. The minimum absolute atomic E-state index is 0.258. The van der Waals surface area contributed by atoms with Crippen LogP contribution in [0.5, 0.6) is 0 Å². The Hall–Kier alpha value is -0.940. The van der Waals surface area contributed by atoms with Gasteiger partial charge in [-0.1, -0.05) is 0 Å². The molecule has 0 aliphatic carbocycles. The highest BCUT2D eigenvalue weighted by Crippen LogP contribution is 1.94. The third-order valence-electron chi connectivity index (χ3n) is 1.41. The Balaban J connectivity index is 3.69. The fourth-order valence-corrected chi connectivity index (χ4v) is 0.805. The summed E-state index contributed by atoms with van der Waals surface area (Å²) < 4.78 is 0. The molecule has 0 radical (unpaired) electrons. The zero-order chi connectivity index (χ0) is 9.40. The standard InChI is InChI=1S/C7H14N2O3/c8-3-4-9-6(7(11)12)2-1-5-10/h5-6,9H,1-4,8H2,(H,11,12). The monoisotopic (exact) mass is 174 g/mol. The molecule has 0 amide bonds. The van der Waals surface area contributed by atoms with Crippen LogP contribution in [0.2, 0.25) is 0 Å². The number of rotatable bonds is 7. The zero-order valence-electron chi connectivity index (χ0n) is 6.82. The molecule has 0 aliphatic rings. The maximum absolute atomic E-state index is 10.5. The smallest absolute Gasteiger partial charge is 0.320 e. The molecule has 0 rings (SSSR count). The summed E-state index contributed by atoms with van der Waals surface area (Å²) in [6, 6.07) is -0.654. The van der Waals surface area contributed by atoms with Gasteiger partial charge in [-0.3, -0.25) is 4.79 Å². The topological polar surface area (TPSA) is 92.4 Å². The third-order valence-corrected chi connectivity index (χ3v) is 1.41. The van der Waals surface area contributed by atoms with Crippen molar-refractivity contribution in [2.45, 2.75) is 18.9 Å². The van der Waals surface area contributed by atoms with Gasteiger partial charge in [0, 0.05) is 19.5 Å². The van der Waals surface area contributed by atoms with Crippen LogP contribution in [0.3, 0.4) is 0 Å². The Kier molecular flexibility index (Phi) is 6.22. The number of carboxylic acid groups (broad SMARTS) is 1. The molecule has 4 N–H and O–H groups in total. The van der Waals surface area contributed by atoms with Crippen LogP contribution in [-0.4, -0.2) is 36.5 Å². The average molecular weight is 174 g/mol. The van der Waals surface area contributed by atoms with Gasteiger partial charge in [0.05, 0.1) is 0 Å². The molecular weight excluding hydrogens is 160 g/mol. The molecule has 1 unspecified atom stereocenters. The van der Waals surface area contributed by atoms with Crippen molar-refractivity contribution < 1.29 is 14.7 Å². The Labute approximate surface area is 70.9 Å². The van der Waals surface area contributed by atoms with Crippen LogP contribution >= 0.6 is 0 Å². The maximum atomic E-state index is 10.5. The number of carbonyl (C=O) groups is 2. The first-order valence-electron chi connectivity index (χ1n) is 3.82. The first-order valence-corrected chi connectivity index (χ1v) is 3.82. The van der Waals surface area contributed by atoms with Crippen molar-refractivity contribution in [2.75, 3.05) is 13.1 Å². The van der Waals surface area contributed by atoms with Gasteiger partial charge >= 0.3 is 5.97 Å². The van der Waals surface area contributed by atoms with E-state index in [1.165, 1.54) is 0 Å². The van der Waals surface area contributed by atoms with Gasteiger partial charge in [0.2, 0.25) is 0 Å². The molecule has 0 aromatic carbocycles. The number of nitrogens with one attached hydrogen (secondary N) is 1. The molecule has 0 fully saturated rings. The summed E-state index contributed by atoms with van der Waals surface area (Å²) in [6.45, 7) is 0.848. The van der Waals surface area contributed by atoms with Gasteiger partial charge in [0.1, 0.15) is 12.3 Å². The summed E-state index contributed by atoms with van der Waals surface area (Å²) in [7, 11) is 0. The predicted octanol–water partition coefficient (Wildman–Crippen LogP) is -1.03. The summed E-state index contributed by atoms with van der Waals surface area (Å²) in [5.74, 6) is -0.940. The first-order chi connectivity index (χ1) is 5.72. The molecular formula is C7H14N2O3. The molecule has 0 heterocycles. The second-order valence-electron chi connectivity index (χ2n) is 2.38. The number of aliphatic carboxylic acids is 1. The molecule has 0 saturated carbocycles. The van der Waals surface area contributed by atoms with Gasteiger partial charge in [-0.2, -0.15) is 0 Å². The fraction of sp³-hybridized carbons (Fsp3) is 0.714. The summed E-state index contributed by atoms with van der Waals surface area (Å²) in [4.78, 5) is 20.5. The summed E-state index contributed by atoms with van der Waals surface area (Å²) in [6.07, 6.45) is 1.29. The van der Waals surface area contributed by atoms with E-state index in [-0.39, 0.29) is 6.42 Å². The number of hydrogen-bond donors (Lipinski definition) is 3. The molecule has 5 nitrogen and oxygen atoms in total.